The predicted molar refractivity (Wildman–Crippen MR) is 123 cm³/mol. The number of carbonyl (C=O) groups is 1. The van der Waals surface area contributed by atoms with Gasteiger partial charge in [0.05, 0.1) is 0 Å². The van der Waals surface area contributed by atoms with Crippen LogP contribution in [0.2, 0.25) is 0 Å². The highest BCUT2D eigenvalue weighted by atomic mass is 16.5. The third-order valence-corrected chi connectivity index (χ3v) is 5.74. The van der Waals surface area contributed by atoms with Gasteiger partial charge in [-0.05, 0) is 61.2 Å². The van der Waals surface area contributed by atoms with Crippen molar-refractivity contribution in [1.82, 2.24) is 25.3 Å². The molecule has 2 N–H and O–H groups in total. The van der Waals surface area contributed by atoms with Crippen LogP contribution in [0.1, 0.15) is 44.0 Å². The van der Waals surface area contributed by atoms with E-state index in [2.05, 4.69) is 42.8 Å². The van der Waals surface area contributed by atoms with Gasteiger partial charge in [0.2, 0.25) is 0 Å². The van der Waals surface area contributed by atoms with Gasteiger partial charge < -0.3 is 20.1 Å². The summed E-state index contributed by atoms with van der Waals surface area (Å²) in [5.74, 6) is 1.39. The Bertz CT molecular complexity index is 995. The van der Waals surface area contributed by atoms with Gasteiger partial charge in [0, 0.05) is 55.2 Å². The Morgan fingerprint density at radius 3 is 2.50 bits per heavy atom. The van der Waals surface area contributed by atoms with Crippen molar-refractivity contribution in [3.05, 3.63) is 60.2 Å². The summed E-state index contributed by atoms with van der Waals surface area (Å²) in [5, 5.41) is 10.00. The van der Waals surface area contributed by atoms with Crippen molar-refractivity contribution in [1.29, 1.82) is 0 Å². The van der Waals surface area contributed by atoms with Gasteiger partial charge in [0.1, 0.15) is 0 Å². The summed E-state index contributed by atoms with van der Waals surface area (Å²) in [5.41, 5.74) is 2.87. The SMILES string of the molecule is CC(C)c1noc(-c2ccc(NC(=O)NC3CCN(CCc4ccncc4)CC3)cc2)n1. The van der Waals surface area contributed by atoms with E-state index in [1.54, 1.807) is 0 Å². The molecule has 1 fully saturated rings. The number of benzene rings is 1. The number of piperidine rings is 1. The summed E-state index contributed by atoms with van der Waals surface area (Å²) in [7, 11) is 0. The Hall–Kier alpha value is -3.26. The zero-order valence-corrected chi connectivity index (χ0v) is 18.6. The predicted octanol–water partition coefficient (Wildman–Crippen LogP) is 4.08. The van der Waals surface area contributed by atoms with Crippen LogP contribution in [0, 0.1) is 0 Å². The molecule has 0 unspecified atom stereocenters. The lowest BCUT2D eigenvalue weighted by atomic mass is 10.0. The zero-order valence-electron chi connectivity index (χ0n) is 18.6. The largest absolute Gasteiger partial charge is 0.335 e. The molecule has 1 aliphatic heterocycles. The lowest BCUT2D eigenvalue weighted by Crippen LogP contribution is -2.46. The minimum Gasteiger partial charge on any atom is -0.335 e. The Morgan fingerprint density at radius 2 is 1.84 bits per heavy atom. The highest BCUT2D eigenvalue weighted by molar-refractivity contribution is 5.89. The summed E-state index contributed by atoms with van der Waals surface area (Å²) in [6, 6.07) is 11.6. The minimum atomic E-state index is -0.173. The molecule has 8 heteroatoms. The lowest BCUT2D eigenvalue weighted by molar-refractivity contribution is 0.197. The normalized spacial score (nSPS) is 15.1. The average molecular weight is 435 g/mol. The monoisotopic (exact) mass is 434 g/mol. The number of nitrogens with one attached hydrogen (secondary N) is 2. The first kappa shape index (κ1) is 22.0. The van der Waals surface area contributed by atoms with Crippen LogP contribution in [-0.2, 0) is 6.42 Å². The van der Waals surface area contributed by atoms with Crippen molar-refractivity contribution < 1.29 is 9.32 Å². The summed E-state index contributed by atoms with van der Waals surface area (Å²) >= 11 is 0. The number of rotatable bonds is 7. The van der Waals surface area contributed by atoms with Gasteiger partial charge in [-0.2, -0.15) is 4.98 Å². The summed E-state index contributed by atoms with van der Waals surface area (Å²) in [6.07, 6.45) is 6.62. The molecule has 4 rings (SSSR count). The first-order chi connectivity index (χ1) is 15.6. The number of hydrogen-bond acceptors (Lipinski definition) is 6. The summed E-state index contributed by atoms with van der Waals surface area (Å²) in [6.45, 7) is 7.06. The minimum absolute atomic E-state index is 0.173. The number of urea groups is 1. The number of anilines is 1. The number of aromatic nitrogens is 3. The van der Waals surface area contributed by atoms with E-state index in [-0.39, 0.29) is 18.0 Å². The van der Waals surface area contributed by atoms with Crippen molar-refractivity contribution in [3.8, 4) is 11.5 Å². The fourth-order valence-corrected chi connectivity index (χ4v) is 3.77. The molecule has 0 saturated carbocycles. The Morgan fingerprint density at radius 1 is 1.12 bits per heavy atom. The van der Waals surface area contributed by atoms with Crippen LogP contribution in [0.3, 0.4) is 0 Å². The van der Waals surface area contributed by atoms with E-state index >= 15 is 0 Å². The number of nitrogens with zero attached hydrogens (tertiary/aromatic N) is 4. The molecular weight excluding hydrogens is 404 g/mol. The number of amides is 2. The maximum Gasteiger partial charge on any atom is 0.319 e. The molecule has 0 spiro atoms. The van der Waals surface area contributed by atoms with E-state index in [1.807, 2.05) is 50.5 Å². The molecule has 1 saturated heterocycles. The van der Waals surface area contributed by atoms with Crippen LogP contribution < -0.4 is 10.6 Å². The van der Waals surface area contributed by atoms with Gasteiger partial charge in [0.25, 0.3) is 5.89 Å². The quantitative estimate of drug-likeness (QED) is 0.582. The van der Waals surface area contributed by atoms with Crippen LogP contribution in [0.25, 0.3) is 11.5 Å². The fourth-order valence-electron chi connectivity index (χ4n) is 3.77. The lowest BCUT2D eigenvalue weighted by Gasteiger charge is -2.32. The highest BCUT2D eigenvalue weighted by Gasteiger charge is 2.20. The molecule has 168 valence electrons. The topological polar surface area (TPSA) is 96.2 Å². The smallest absolute Gasteiger partial charge is 0.319 e. The average Bonchev–Trinajstić information content (AvgIpc) is 3.31. The van der Waals surface area contributed by atoms with E-state index in [0.717, 1.165) is 50.1 Å². The van der Waals surface area contributed by atoms with Gasteiger partial charge in [0.15, 0.2) is 5.82 Å². The standard InChI is InChI=1S/C24H30N6O2/c1-17(2)22-28-23(32-29-22)19-3-5-20(6-4-19)26-24(31)27-21-10-15-30(16-11-21)14-9-18-7-12-25-13-8-18/h3-8,12-13,17,21H,9-11,14-16H2,1-2H3,(H2,26,27,31). The number of carbonyl (C=O) groups excluding carboxylic acids is 1. The third kappa shape index (κ3) is 5.91. The molecule has 2 aromatic heterocycles. The third-order valence-electron chi connectivity index (χ3n) is 5.74. The van der Waals surface area contributed by atoms with Crippen LogP contribution in [0.4, 0.5) is 10.5 Å². The second kappa shape index (κ2) is 10.4. The van der Waals surface area contributed by atoms with Crippen LogP contribution >= 0.6 is 0 Å². The first-order valence-electron chi connectivity index (χ1n) is 11.2. The summed E-state index contributed by atoms with van der Waals surface area (Å²) < 4.78 is 5.32. The van der Waals surface area contributed by atoms with E-state index in [0.29, 0.717) is 11.7 Å². The zero-order chi connectivity index (χ0) is 22.3. The molecular formula is C24H30N6O2. The van der Waals surface area contributed by atoms with Crippen LogP contribution in [0.5, 0.6) is 0 Å². The van der Waals surface area contributed by atoms with Gasteiger partial charge in [-0.1, -0.05) is 19.0 Å². The molecule has 0 atom stereocenters. The van der Waals surface area contributed by atoms with Crippen molar-refractivity contribution in [2.45, 2.75) is 45.1 Å². The molecule has 0 radical (unpaired) electrons. The Kier molecular flexibility index (Phi) is 7.11. The molecule has 1 aromatic carbocycles. The van der Waals surface area contributed by atoms with Crippen molar-refractivity contribution >= 4 is 11.7 Å². The maximum absolute atomic E-state index is 12.4. The molecule has 2 amide bonds. The van der Waals surface area contributed by atoms with E-state index in [1.165, 1.54) is 5.56 Å². The van der Waals surface area contributed by atoms with E-state index < -0.39 is 0 Å². The van der Waals surface area contributed by atoms with Crippen molar-refractivity contribution in [3.63, 3.8) is 0 Å². The van der Waals surface area contributed by atoms with E-state index in [4.69, 9.17) is 4.52 Å². The number of hydrogen-bond donors (Lipinski definition) is 2. The number of likely N-dealkylation sites (tertiary alicyclic amines) is 1. The molecule has 3 aromatic rings. The molecule has 1 aliphatic rings. The van der Waals surface area contributed by atoms with Crippen molar-refractivity contribution in [2.75, 3.05) is 25.0 Å². The van der Waals surface area contributed by atoms with Crippen LogP contribution in [0.15, 0.2) is 53.3 Å². The molecule has 32 heavy (non-hydrogen) atoms. The van der Waals surface area contributed by atoms with E-state index in [9.17, 15) is 4.79 Å². The van der Waals surface area contributed by atoms with Gasteiger partial charge in [-0.3, -0.25) is 4.98 Å². The second-order valence-electron chi connectivity index (χ2n) is 8.51. The fraction of sp³-hybridized carbons (Fsp3) is 0.417. The van der Waals surface area contributed by atoms with Crippen LogP contribution in [-0.4, -0.2) is 51.7 Å². The van der Waals surface area contributed by atoms with Crippen molar-refractivity contribution in [2.24, 2.45) is 0 Å². The maximum atomic E-state index is 12.4. The Balaban J connectivity index is 1.20. The molecule has 3 heterocycles. The second-order valence-corrected chi connectivity index (χ2v) is 8.51. The summed E-state index contributed by atoms with van der Waals surface area (Å²) in [4.78, 5) is 23.3. The number of pyridine rings is 1. The van der Waals surface area contributed by atoms with Gasteiger partial charge >= 0.3 is 6.03 Å². The Labute approximate surface area is 188 Å². The first-order valence-corrected chi connectivity index (χ1v) is 11.2. The highest BCUT2D eigenvalue weighted by Crippen LogP contribution is 2.22. The van der Waals surface area contributed by atoms with Gasteiger partial charge in [-0.25, -0.2) is 4.79 Å². The molecule has 8 nitrogen and oxygen atoms in total. The molecule has 0 aliphatic carbocycles. The van der Waals surface area contributed by atoms with Gasteiger partial charge in [-0.15, -0.1) is 0 Å². The molecule has 0 bridgehead atoms.